The van der Waals surface area contributed by atoms with Gasteiger partial charge < -0.3 is 4.90 Å². The summed E-state index contributed by atoms with van der Waals surface area (Å²) in [5.41, 5.74) is 5.61. The first-order chi connectivity index (χ1) is 30.6. The lowest BCUT2D eigenvalue weighted by atomic mass is 9.57. The number of nitrogens with zero attached hydrogens (tertiary/aromatic N) is 5. The van der Waals surface area contributed by atoms with Gasteiger partial charge in [-0.1, -0.05) is 85.3 Å². The van der Waals surface area contributed by atoms with E-state index in [2.05, 4.69) is 101 Å². The van der Waals surface area contributed by atoms with Crippen molar-refractivity contribution in [1.82, 2.24) is 9.80 Å². The molecule has 2 aliphatic heterocycles. The van der Waals surface area contributed by atoms with E-state index in [4.69, 9.17) is 0 Å². The summed E-state index contributed by atoms with van der Waals surface area (Å²) < 4.78 is 0. The standard InChI is InChI=1S/C57H71N5/c58-34-37-21-25-40(26-22-37)44-11-1-3-13-46(44)48-15-5-6-16-49(48)47-14-4-2-12-45(47)41-31-42(61-54-19-9-7-17-50(54)51-18-8-10-20-55(51)61)33-43(32-41)62-56-27-23-38(35-59)29-52(56)53-30-39(36-60)24-28-57(53)62/h1,5-6,9-11,15,19-20,23,27,30,37-38,40-47,49-51,53-55,57H,2-4,7-8,12-14,16-18,21-22,24-26,28-29,31-33H2. The number of rotatable bonds is 6. The van der Waals surface area contributed by atoms with E-state index in [1.807, 2.05) is 0 Å². The van der Waals surface area contributed by atoms with Crippen molar-refractivity contribution in [2.24, 2.45) is 71.0 Å². The Balaban J connectivity index is 0.944. The maximum atomic E-state index is 10.1. The van der Waals surface area contributed by atoms with Gasteiger partial charge >= 0.3 is 0 Å². The molecule has 9 aliphatic carbocycles. The quantitative estimate of drug-likeness (QED) is 0.249. The van der Waals surface area contributed by atoms with Crippen LogP contribution in [0.5, 0.6) is 0 Å². The van der Waals surface area contributed by atoms with Crippen molar-refractivity contribution in [2.75, 3.05) is 0 Å². The Morgan fingerprint density at radius 2 is 1.37 bits per heavy atom. The third-order valence-corrected chi connectivity index (χ3v) is 19.4. The molecule has 2 heterocycles. The summed E-state index contributed by atoms with van der Waals surface area (Å²) in [5.74, 6) is 6.80. The largest absolute Gasteiger partial charge is 0.365 e. The van der Waals surface area contributed by atoms with E-state index in [0.717, 1.165) is 61.3 Å². The van der Waals surface area contributed by atoms with Crippen LogP contribution in [0.1, 0.15) is 135 Å². The summed E-state index contributed by atoms with van der Waals surface area (Å²) in [6.07, 6.45) is 55.6. The van der Waals surface area contributed by atoms with Crippen molar-refractivity contribution in [3.63, 3.8) is 0 Å². The van der Waals surface area contributed by atoms with Crippen molar-refractivity contribution < 1.29 is 0 Å². The van der Waals surface area contributed by atoms with Crippen LogP contribution in [0, 0.1) is 105 Å². The average molecular weight is 826 g/mol. The van der Waals surface area contributed by atoms with Crippen molar-refractivity contribution >= 4 is 0 Å². The van der Waals surface area contributed by atoms with E-state index in [1.165, 1.54) is 114 Å². The minimum atomic E-state index is -0.0710. The third kappa shape index (κ3) is 7.28. The Kier molecular flexibility index (Phi) is 11.6. The minimum Gasteiger partial charge on any atom is -0.365 e. The molecule has 3 saturated carbocycles. The maximum Gasteiger partial charge on any atom is 0.0943 e. The van der Waals surface area contributed by atoms with Crippen LogP contribution in [0.25, 0.3) is 0 Å². The van der Waals surface area contributed by atoms with E-state index in [-0.39, 0.29) is 17.8 Å². The molecule has 0 amide bonds. The summed E-state index contributed by atoms with van der Waals surface area (Å²) >= 11 is 0. The number of likely N-dealkylation sites (tertiary alicyclic amines) is 1. The molecule has 4 fully saturated rings. The molecule has 15 atom stereocenters. The van der Waals surface area contributed by atoms with Crippen molar-refractivity contribution in [1.29, 1.82) is 15.8 Å². The van der Waals surface area contributed by atoms with E-state index in [0.29, 0.717) is 59.8 Å². The molecule has 0 aromatic carbocycles. The van der Waals surface area contributed by atoms with Crippen LogP contribution in [0.3, 0.4) is 0 Å². The van der Waals surface area contributed by atoms with Crippen LogP contribution in [0.4, 0.5) is 0 Å². The Morgan fingerprint density at radius 1 is 0.629 bits per heavy atom. The summed E-state index contributed by atoms with van der Waals surface area (Å²) in [7, 11) is 0. The van der Waals surface area contributed by atoms with Crippen molar-refractivity contribution in [3.05, 3.63) is 95.3 Å². The molecule has 15 unspecified atom stereocenters. The van der Waals surface area contributed by atoms with E-state index in [1.54, 1.807) is 5.57 Å². The first-order valence-electron chi connectivity index (χ1n) is 25.9. The Labute approximate surface area is 373 Å². The Hall–Kier alpha value is -3.85. The smallest absolute Gasteiger partial charge is 0.0943 e. The first kappa shape index (κ1) is 40.9. The third-order valence-electron chi connectivity index (χ3n) is 19.4. The highest BCUT2D eigenvalue weighted by atomic mass is 15.3. The minimum absolute atomic E-state index is 0.0710. The van der Waals surface area contributed by atoms with Gasteiger partial charge in [0, 0.05) is 53.3 Å². The highest BCUT2D eigenvalue weighted by Crippen LogP contribution is 2.57. The zero-order chi connectivity index (χ0) is 41.7. The van der Waals surface area contributed by atoms with Crippen LogP contribution in [-0.2, 0) is 0 Å². The molecule has 1 saturated heterocycles. The fraction of sp³-hybridized carbons (Fsp3) is 0.667. The van der Waals surface area contributed by atoms with Crippen LogP contribution in [-0.4, -0.2) is 40.0 Å². The van der Waals surface area contributed by atoms with Crippen molar-refractivity contribution in [3.8, 4) is 18.2 Å². The average Bonchev–Trinajstić information content (AvgIpc) is 3.86. The second-order valence-electron chi connectivity index (χ2n) is 22.1. The molecule has 0 bridgehead atoms. The van der Waals surface area contributed by atoms with E-state index in [9.17, 15) is 15.8 Å². The molecule has 0 aromatic rings. The lowest BCUT2D eigenvalue weighted by Crippen LogP contribution is -2.55. The van der Waals surface area contributed by atoms with Gasteiger partial charge in [0.05, 0.1) is 24.1 Å². The molecular formula is C57H71N5. The van der Waals surface area contributed by atoms with Crippen LogP contribution < -0.4 is 0 Å². The summed E-state index contributed by atoms with van der Waals surface area (Å²) in [6.45, 7) is 0. The second kappa shape index (κ2) is 17.6. The monoisotopic (exact) mass is 826 g/mol. The van der Waals surface area contributed by atoms with Gasteiger partial charge in [0.25, 0.3) is 0 Å². The summed E-state index contributed by atoms with van der Waals surface area (Å²) in [5, 5.41) is 30.0. The van der Waals surface area contributed by atoms with Crippen LogP contribution >= 0.6 is 0 Å². The highest BCUT2D eigenvalue weighted by molar-refractivity contribution is 5.45. The van der Waals surface area contributed by atoms with Crippen LogP contribution in [0.2, 0.25) is 0 Å². The van der Waals surface area contributed by atoms with E-state index >= 15 is 0 Å². The van der Waals surface area contributed by atoms with Gasteiger partial charge in [-0.15, -0.1) is 0 Å². The molecule has 11 rings (SSSR count). The predicted octanol–water partition coefficient (Wildman–Crippen LogP) is 12.6. The van der Waals surface area contributed by atoms with Gasteiger partial charge in [0.15, 0.2) is 0 Å². The summed E-state index contributed by atoms with van der Waals surface area (Å²) in [6, 6.07) is 10.3. The summed E-state index contributed by atoms with van der Waals surface area (Å²) in [4.78, 5) is 6.06. The fourth-order valence-electron chi connectivity index (χ4n) is 16.8. The zero-order valence-electron chi connectivity index (χ0n) is 37.3. The molecule has 11 aliphatic rings. The van der Waals surface area contributed by atoms with Gasteiger partial charge in [-0.2, -0.15) is 15.8 Å². The van der Waals surface area contributed by atoms with Gasteiger partial charge in [-0.05, 0) is 187 Å². The van der Waals surface area contributed by atoms with Gasteiger partial charge in [-0.25, -0.2) is 0 Å². The SMILES string of the molecule is N#CC1=CC2C3=C(C=CC(C#N)C3)N(C3CC(C4CCCCC4C4CC=CC=C4C4CCC=CC4C4CCC(C#N)CC4)CC(N4C5C=CCCC5C5CCC=CC54)C3)C2CC1. The normalized spacial score (nSPS) is 44.9. The van der Waals surface area contributed by atoms with Crippen LogP contribution in [0.15, 0.2) is 95.3 Å². The lowest BCUT2D eigenvalue weighted by Gasteiger charge is -2.53. The molecule has 0 spiro atoms. The Morgan fingerprint density at radius 3 is 2.13 bits per heavy atom. The fourth-order valence-corrected chi connectivity index (χ4v) is 16.8. The van der Waals surface area contributed by atoms with Gasteiger partial charge in [0.1, 0.15) is 0 Å². The molecule has 5 nitrogen and oxygen atoms in total. The first-order valence-corrected chi connectivity index (χ1v) is 25.9. The van der Waals surface area contributed by atoms with E-state index < -0.39 is 0 Å². The Bertz CT molecular complexity index is 2050. The number of fused-ring (bicyclic) bond motifs is 5. The van der Waals surface area contributed by atoms with Gasteiger partial charge in [-0.3, -0.25) is 4.90 Å². The van der Waals surface area contributed by atoms with Crippen molar-refractivity contribution in [2.45, 2.75) is 165 Å². The number of hydrogen-bond donors (Lipinski definition) is 0. The molecule has 324 valence electrons. The second-order valence-corrected chi connectivity index (χ2v) is 22.1. The molecule has 0 aromatic heterocycles. The molecule has 0 radical (unpaired) electrons. The topological polar surface area (TPSA) is 77.8 Å². The highest BCUT2D eigenvalue weighted by Gasteiger charge is 2.54. The van der Waals surface area contributed by atoms with Gasteiger partial charge in [0.2, 0.25) is 0 Å². The molecule has 62 heavy (non-hydrogen) atoms. The molecule has 0 N–H and O–H groups in total. The number of hydrogen-bond acceptors (Lipinski definition) is 5. The molecule has 5 heteroatoms. The maximum absolute atomic E-state index is 10.1. The predicted molar refractivity (Wildman–Crippen MR) is 247 cm³/mol. The number of nitriles is 3. The number of allylic oxidation sites excluding steroid dienone is 11. The molecular weight excluding hydrogens is 755 g/mol. The lowest BCUT2D eigenvalue weighted by molar-refractivity contribution is 0.00101. The zero-order valence-corrected chi connectivity index (χ0v) is 37.3.